The van der Waals surface area contributed by atoms with Crippen LogP contribution in [0.2, 0.25) is 0 Å². The Kier molecular flexibility index (Phi) is 10.2. The number of nitrogens with two attached hydrogens (primary N) is 2. The first-order valence-electron chi connectivity index (χ1n) is 15.3. The minimum absolute atomic E-state index is 0.0301. The lowest BCUT2D eigenvalue weighted by atomic mass is 9.91. The molecule has 1 saturated carbocycles. The van der Waals surface area contributed by atoms with Crippen molar-refractivity contribution >= 4 is 24.2 Å². The van der Waals surface area contributed by atoms with Crippen molar-refractivity contribution in [2.45, 2.75) is 44.6 Å². The van der Waals surface area contributed by atoms with Crippen LogP contribution in [0.15, 0.2) is 58.4 Å². The maximum atomic E-state index is 15.2. The number of pyridine rings is 2. The number of hydrogen-bond acceptors (Lipinski definition) is 8. The molecule has 0 spiro atoms. The number of amides is 2. The number of anilines is 1. The topological polar surface area (TPSA) is 175 Å². The van der Waals surface area contributed by atoms with Gasteiger partial charge in [-0.2, -0.15) is 0 Å². The van der Waals surface area contributed by atoms with Gasteiger partial charge < -0.3 is 31.2 Å². The van der Waals surface area contributed by atoms with Crippen LogP contribution in [-0.2, 0) is 4.79 Å². The van der Waals surface area contributed by atoms with Crippen LogP contribution in [0.1, 0.15) is 69.9 Å². The maximum Gasteiger partial charge on any atom is 0.251 e. The summed E-state index contributed by atoms with van der Waals surface area (Å²) in [7, 11) is 1.48. The lowest BCUT2D eigenvalue weighted by Crippen LogP contribution is -2.30. The van der Waals surface area contributed by atoms with Crippen molar-refractivity contribution in [3.8, 4) is 22.8 Å². The van der Waals surface area contributed by atoms with Gasteiger partial charge in [-0.3, -0.25) is 19.4 Å². The summed E-state index contributed by atoms with van der Waals surface area (Å²) >= 11 is 0. The number of carbonyl (C=O) groups excluding carboxylic acids is 2. The van der Waals surface area contributed by atoms with Crippen molar-refractivity contribution in [1.29, 1.82) is 0 Å². The number of methoxy groups -OCH3 is 1. The van der Waals surface area contributed by atoms with E-state index in [1.165, 1.54) is 25.4 Å². The molecule has 11 nitrogen and oxygen atoms in total. The molecule has 4 aromatic rings. The zero-order chi connectivity index (χ0) is 34.5. The monoisotopic (exact) mass is 658 g/mol. The average molecular weight is 659 g/mol. The number of rotatable bonds is 9. The van der Waals surface area contributed by atoms with E-state index in [0.29, 0.717) is 46.2 Å². The minimum atomic E-state index is -0.771. The molecule has 1 aliphatic carbocycles. The lowest BCUT2D eigenvalue weighted by Gasteiger charge is -2.21. The Bertz CT molecular complexity index is 1940. The number of nitrogen functional groups attached to an aromatic ring is 1. The van der Waals surface area contributed by atoms with E-state index in [2.05, 4.69) is 21.0 Å². The fraction of sp³-hybridized carbons (Fsp3) is 0.286. The minimum Gasteiger partial charge on any atom is -0.495 e. The molecule has 0 radical (unpaired) electrons. The Hall–Kier alpha value is -5.59. The number of nitrogens with zero attached hydrogens (tertiary/aromatic N) is 2. The molecule has 0 saturated heterocycles. The number of aromatic nitrogens is 2. The van der Waals surface area contributed by atoms with E-state index in [9.17, 15) is 14.0 Å². The van der Waals surface area contributed by atoms with Gasteiger partial charge in [0.2, 0.25) is 12.0 Å². The first-order chi connectivity index (χ1) is 23.0. The zero-order valence-electron chi connectivity index (χ0n) is 26.7. The molecule has 2 unspecified atom stereocenters. The summed E-state index contributed by atoms with van der Waals surface area (Å²) in [6, 6.07) is 10.8. The molecule has 13 heteroatoms. The second-order valence-corrected chi connectivity index (χ2v) is 11.7. The van der Waals surface area contributed by atoms with E-state index in [0.717, 1.165) is 24.5 Å². The molecule has 6 N–H and O–H groups in total. The van der Waals surface area contributed by atoms with E-state index in [4.69, 9.17) is 25.0 Å². The molecular weight excluding hydrogens is 622 g/mol. The fourth-order valence-electron chi connectivity index (χ4n) is 5.42. The highest BCUT2D eigenvalue weighted by molar-refractivity contribution is 5.99. The van der Waals surface area contributed by atoms with Crippen molar-refractivity contribution in [2.24, 2.45) is 10.7 Å². The Morgan fingerprint density at radius 1 is 1.21 bits per heavy atom. The van der Waals surface area contributed by atoms with Crippen molar-refractivity contribution in [2.75, 3.05) is 26.0 Å². The summed E-state index contributed by atoms with van der Waals surface area (Å²) in [4.78, 5) is 46.5. The molecule has 2 atom stereocenters. The third-order valence-electron chi connectivity index (χ3n) is 8.19. The van der Waals surface area contributed by atoms with Crippen molar-refractivity contribution in [3.05, 3.63) is 104 Å². The number of halogens is 2. The standard InChI is InChI=1S/C34H33F2N5O4.CH3NO/c1-17-8-24(27(36)13-26(17)35)32-33-23(18(2)16-45-33)12-28(41-32)25(19-6-7-38-30(42)11-19)15-40-34(43)20-9-21(14-39-22-4-5-22)31(37)29(10-20)44-3;2-1-3/h6-14,18,22,25H,4-5,15-16,37H2,1-3H3,(H,38,42)(H,40,43);1H,(H2,2,3). The summed E-state index contributed by atoms with van der Waals surface area (Å²) < 4.78 is 40.7. The quantitative estimate of drug-likeness (QED) is 0.117. The third-order valence-corrected chi connectivity index (χ3v) is 8.19. The van der Waals surface area contributed by atoms with Crippen LogP contribution in [0, 0.1) is 18.6 Å². The maximum absolute atomic E-state index is 15.2. The highest BCUT2D eigenvalue weighted by atomic mass is 19.1. The molecule has 2 amide bonds. The molecule has 3 heterocycles. The van der Waals surface area contributed by atoms with E-state index in [-0.39, 0.29) is 47.3 Å². The van der Waals surface area contributed by atoms with Gasteiger partial charge in [0, 0.05) is 65.2 Å². The number of fused-ring (bicyclic) bond motifs is 1. The number of hydrogen-bond donors (Lipinski definition) is 4. The fourth-order valence-corrected chi connectivity index (χ4v) is 5.42. The van der Waals surface area contributed by atoms with Crippen LogP contribution in [0.4, 0.5) is 14.5 Å². The molecular formula is C35H36F2N6O5. The molecule has 250 valence electrons. The van der Waals surface area contributed by atoms with Crippen molar-refractivity contribution in [3.63, 3.8) is 0 Å². The largest absolute Gasteiger partial charge is 0.495 e. The van der Waals surface area contributed by atoms with Crippen LogP contribution < -0.4 is 31.8 Å². The Balaban J connectivity index is 0.00000145. The highest BCUT2D eigenvalue weighted by Crippen LogP contribution is 2.43. The van der Waals surface area contributed by atoms with Crippen LogP contribution in [-0.4, -0.2) is 54.8 Å². The van der Waals surface area contributed by atoms with Gasteiger partial charge in [0.25, 0.3) is 5.91 Å². The number of aliphatic imine (C=N–C) groups is 1. The molecule has 0 bridgehead atoms. The summed E-state index contributed by atoms with van der Waals surface area (Å²) in [6.45, 7) is 3.95. The van der Waals surface area contributed by atoms with Crippen LogP contribution >= 0.6 is 0 Å². The SMILES string of the molecule is COc1cc(C(=O)NCC(c2cc[nH]c(=O)c2)c2cc3c(c(-c4cc(C)c(F)cc4F)n2)OCC3C)cc(C=NC2CC2)c1N.NC=O. The Morgan fingerprint density at radius 2 is 1.96 bits per heavy atom. The normalized spacial score (nSPS) is 15.6. The van der Waals surface area contributed by atoms with E-state index in [1.807, 2.05) is 13.0 Å². The molecule has 6 rings (SSSR count). The van der Waals surface area contributed by atoms with Crippen LogP contribution in [0.5, 0.6) is 11.5 Å². The summed E-state index contributed by atoms with van der Waals surface area (Å²) in [5, 5.41) is 2.97. The van der Waals surface area contributed by atoms with Gasteiger partial charge >= 0.3 is 0 Å². The molecule has 2 aliphatic rings. The number of nitrogens with one attached hydrogen (secondary N) is 2. The molecule has 1 aliphatic heterocycles. The van der Waals surface area contributed by atoms with Gasteiger partial charge in [0.1, 0.15) is 28.8 Å². The van der Waals surface area contributed by atoms with Crippen LogP contribution in [0.3, 0.4) is 0 Å². The second kappa shape index (κ2) is 14.4. The highest BCUT2D eigenvalue weighted by Gasteiger charge is 2.30. The smallest absolute Gasteiger partial charge is 0.251 e. The predicted octanol–water partition coefficient (Wildman–Crippen LogP) is 4.35. The summed E-state index contributed by atoms with van der Waals surface area (Å²) in [6.07, 6.45) is 5.48. The van der Waals surface area contributed by atoms with Gasteiger partial charge in [-0.15, -0.1) is 0 Å². The first-order valence-corrected chi connectivity index (χ1v) is 15.3. The Labute approximate surface area is 275 Å². The average Bonchev–Trinajstić information content (AvgIpc) is 3.82. The van der Waals surface area contributed by atoms with E-state index in [1.54, 1.807) is 31.3 Å². The molecule has 2 aromatic heterocycles. The second-order valence-electron chi connectivity index (χ2n) is 11.7. The summed E-state index contributed by atoms with van der Waals surface area (Å²) in [5.74, 6) is -1.69. The molecule has 1 fully saturated rings. The number of carbonyl (C=O) groups is 2. The number of aryl methyl sites for hydroxylation is 1. The number of aromatic amines is 1. The number of benzene rings is 2. The van der Waals surface area contributed by atoms with Crippen LogP contribution in [0.25, 0.3) is 11.3 Å². The van der Waals surface area contributed by atoms with Crippen molar-refractivity contribution < 1.29 is 27.8 Å². The molecule has 2 aromatic carbocycles. The van der Waals surface area contributed by atoms with Gasteiger partial charge in [-0.05, 0) is 61.2 Å². The lowest BCUT2D eigenvalue weighted by molar-refractivity contribution is -0.106. The van der Waals surface area contributed by atoms with E-state index >= 15 is 4.39 Å². The Morgan fingerprint density at radius 3 is 2.65 bits per heavy atom. The number of primary amides is 1. The van der Waals surface area contributed by atoms with Gasteiger partial charge in [0.15, 0.2) is 0 Å². The van der Waals surface area contributed by atoms with Gasteiger partial charge in [-0.1, -0.05) is 6.92 Å². The summed E-state index contributed by atoms with van der Waals surface area (Å²) in [5.41, 5.74) is 13.8. The number of H-pyrrole nitrogens is 1. The van der Waals surface area contributed by atoms with Crippen molar-refractivity contribution in [1.82, 2.24) is 15.3 Å². The number of ether oxygens (including phenoxy) is 2. The zero-order valence-corrected chi connectivity index (χ0v) is 26.7. The molecule has 48 heavy (non-hydrogen) atoms. The predicted molar refractivity (Wildman–Crippen MR) is 178 cm³/mol. The first kappa shape index (κ1) is 33.8. The third kappa shape index (κ3) is 7.35. The van der Waals surface area contributed by atoms with Gasteiger partial charge in [0.05, 0.1) is 31.1 Å². The van der Waals surface area contributed by atoms with Gasteiger partial charge in [-0.25, -0.2) is 13.8 Å². The van der Waals surface area contributed by atoms with E-state index < -0.39 is 23.5 Å².